The molecule has 25 heavy (non-hydrogen) atoms. The van der Waals surface area contributed by atoms with E-state index < -0.39 is 0 Å². The number of nitriles is 1. The largest absolute Gasteiger partial charge is 0.360 e. The minimum atomic E-state index is -0.267. The van der Waals surface area contributed by atoms with Gasteiger partial charge in [0.2, 0.25) is 0 Å². The van der Waals surface area contributed by atoms with Crippen LogP contribution in [-0.2, 0) is 11.2 Å². The predicted octanol–water partition coefficient (Wildman–Crippen LogP) is 4.56. The number of nitrogens with zero attached hydrogens (tertiary/aromatic N) is 2. The highest BCUT2D eigenvalue weighted by Gasteiger charge is 2.24. The zero-order valence-corrected chi connectivity index (χ0v) is 15.5. The minimum Gasteiger partial charge on any atom is -0.360 e. The monoisotopic (exact) mass is 395 g/mol. The van der Waals surface area contributed by atoms with Gasteiger partial charge in [-0.2, -0.15) is 5.26 Å². The fraction of sp³-hybridized carbons (Fsp3) is 0.200. The first-order valence-corrected chi connectivity index (χ1v) is 8.92. The van der Waals surface area contributed by atoms with Crippen LogP contribution in [0.15, 0.2) is 58.7 Å². The van der Waals surface area contributed by atoms with Gasteiger partial charge in [-0.25, -0.2) is 0 Å². The van der Waals surface area contributed by atoms with Crippen molar-refractivity contribution in [2.45, 2.75) is 19.8 Å². The van der Waals surface area contributed by atoms with Crippen molar-refractivity contribution in [2.75, 3.05) is 16.8 Å². The van der Waals surface area contributed by atoms with Crippen molar-refractivity contribution in [3.8, 4) is 6.07 Å². The first-order valence-electron chi connectivity index (χ1n) is 8.13. The van der Waals surface area contributed by atoms with E-state index in [1.165, 1.54) is 6.20 Å². The van der Waals surface area contributed by atoms with E-state index >= 15 is 0 Å². The van der Waals surface area contributed by atoms with E-state index in [4.69, 9.17) is 0 Å². The van der Waals surface area contributed by atoms with Crippen molar-refractivity contribution < 1.29 is 4.79 Å². The van der Waals surface area contributed by atoms with Gasteiger partial charge >= 0.3 is 0 Å². The summed E-state index contributed by atoms with van der Waals surface area (Å²) < 4.78 is 0.987. The number of nitrogens with one attached hydrogen (secondary N) is 1. The molecule has 0 saturated carbocycles. The number of carbonyl (C=O) groups excluding carboxylic acids is 1. The molecule has 2 aromatic carbocycles. The molecule has 4 nitrogen and oxygen atoms in total. The molecule has 0 spiro atoms. The highest BCUT2D eigenvalue weighted by molar-refractivity contribution is 9.10. The maximum atomic E-state index is 12.8. The number of benzene rings is 2. The van der Waals surface area contributed by atoms with Crippen LogP contribution in [0.5, 0.6) is 0 Å². The van der Waals surface area contributed by atoms with E-state index in [9.17, 15) is 10.1 Å². The molecule has 1 N–H and O–H groups in total. The second kappa shape index (κ2) is 7.54. The van der Waals surface area contributed by atoms with E-state index in [0.717, 1.165) is 39.8 Å². The Kier molecular flexibility index (Phi) is 5.20. The number of rotatable bonds is 3. The molecule has 0 unspecified atom stereocenters. The molecule has 1 heterocycles. The third-order valence-corrected chi connectivity index (χ3v) is 4.76. The third kappa shape index (κ3) is 3.75. The van der Waals surface area contributed by atoms with Gasteiger partial charge in [0, 0.05) is 28.6 Å². The molecular formula is C20H18BrN3O. The number of carbonyl (C=O) groups is 1. The summed E-state index contributed by atoms with van der Waals surface area (Å²) in [5.41, 5.74) is 4.04. The molecule has 3 rings (SSSR count). The lowest BCUT2D eigenvalue weighted by atomic mass is 10.0. The molecule has 0 saturated heterocycles. The first-order chi connectivity index (χ1) is 12.1. The molecule has 1 aliphatic heterocycles. The Morgan fingerprint density at radius 1 is 1.32 bits per heavy atom. The van der Waals surface area contributed by atoms with Crippen molar-refractivity contribution in [1.82, 2.24) is 0 Å². The highest BCUT2D eigenvalue weighted by Crippen LogP contribution is 2.28. The number of fused-ring (bicyclic) bond motifs is 1. The van der Waals surface area contributed by atoms with Crippen molar-refractivity contribution in [2.24, 2.45) is 0 Å². The summed E-state index contributed by atoms with van der Waals surface area (Å²) in [5, 5.41) is 12.5. The number of hydrogen-bond acceptors (Lipinski definition) is 3. The Morgan fingerprint density at radius 3 is 2.88 bits per heavy atom. The van der Waals surface area contributed by atoms with E-state index in [2.05, 4.69) is 21.2 Å². The number of hydrogen-bond donors (Lipinski definition) is 1. The van der Waals surface area contributed by atoms with Crippen LogP contribution in [0, 0.1) is 18.3 Å². The summed E-state index contributed by atoms with van der Waals surface area (Å²) in [4.78, 5) is 14.5. The van der Waals surface area contributed by atoms with Gasteiger partial charge in [0.25, 0.3) is 5.91 Å². The Bertz CT molecular complexity index is 883. The van der Waals surface area contributed by atoms with E-state index in [1.54, 1.807) is 4.90 Å². The summed E-state index contributed by atoms with van der Waals surface area (Å²) in [6, 6.07) is 15.7. The maximum absolute atomic E-state index is 12.8. The molecule has 126 valence electrons. The van der Waals surface area contributed by atoms with Crippen molar-refractivity contribution >= 4 is 33.2 Å². The van der Waals surface area contributed by atoms with Gasteiger partial charge in [-0.05, 0) is 55.2 Å². The van der Waals surface area contributed by atoms with E-state index in [1.807, 2.05) is 55.5 Å². The van der Waals surface area contributed by atoms with E-state index in [-0.39, 0.29) is 11.5 Å². The quantitative estimate of drug-likeness (QED) is 0.612. The van der Waals surface area contributed by atoms with Crippen LogP contribution in [0.1, 0.15) is 17.5 Å². The van der Waals surface area contributed by atoms with Gasteiger partial charge in [0.05, 0.1) is 0 Å². The molecule has 1 aliphatic rings. The minimum absolute atomic E-state index is 0.0963. The molecule has 5 heteroatoms. The van der Waals surface area contributed by atoms with Crippen molar-refractivity contribution in [1.29, 1.82) is 5.26 Å². The van der Waals surface area contributed by atoms with Gasteiger partial charge in [-0.3, -0.25) is 4.79 Å². The van der Waals surface area contributed by atoms with Gasteiger partial charge in [-0.1, -0.05) is 34.1 Å². The zero-order chi connectivity index (χ0) is 17.8. The van der Waals surface area contributed by atoms with E-state index in [0.29, 0.717) is 6.54 Å². The summed E-state index contributed by atoms with van der Waals surface area (Å²) in [5.74, 6) is -0.267. The van der Waals surface area contributed by atoms with Crippen LogP contribution in [0.3, 0.4) is 0 Å². The Balaban J connectivity index is 1.84. The number of amides is 1. The van der Waals surface area contributed by atoms with Crippen LogP contribution >= 0.6 is 15.9 Å². The average molecular weight is 396 g/mol. The first kappa shape index (κ1) is 17.2. The molecular weight excluding hydrogens is 378 g/mol. The van der Waals surface area contributed by atoms with Crippen LogP contribution in [-0.4, -0.2) is 12.5 Å². The molecule has 0 radical (unpaired) electrons. The molecule has 0 atom stereocenters. The molecule has 0 aliphatic carbocycles. The van der Waals surface area contributed by atoms with Crippen molar-refractivity contribution in [3.63, 3.8) is 0 Å². The fourth-order valence-electron chi connectivity index (χ4n) is 2.97. The lowest BCUT2D eigenvalue weighted by molar-refractivity contribution is -0.114. The van der Waals surface area contributed by atoms with Crippen LogP contribution in [0.4, 0.5) is 11.4 Å². The van der Waals surface area contributed by atoms with Crippen LogP contribution < -0.4 is 10.2 Å². The highest BCUT2D eigenvalue weighted by atomic mass is 79.9. The van der Waals surface area contributed by atoms with Crippen LogP contribution in [0.25, 0.3) is 0 Å². The second-order valence-corrected chi connectivity index (χ2v) is 6.88. The maximum Gasteiger partial charge on any atom is 0.270 e. The molecule has 0 fully saturated rings. The van der Waals surface area contributed by atoms with Gasteiger partial charge in [0.15, 0.2) is 0 Å². The fourth-order valence-corrected chi connectivity index (χ4v) is 3.45. The SMILES string of the molecule is Cc1cc(Br)ccc1N/C=C(/C#N)C(=O)N1CCCc2ccccc21. The standard InChI is InChI=1S/C20H18BrN3O/c1-14-11-17(21)8-9-18(14)23-13-16(12-22)20(25)24-10-4-6-15-5-2-3-7-19(15)24/h2-3,5,7-9,11,13,23H,4,6,10H2,1H3/b16-13-. The summed E-state index contributed by atoms with van der Waals surface area (Å²) >= 11 is 3.42. The number of aryl methyl sites for hydroxylation is 2. The zero-order valence-electron chi connectivity index (χ0n) is 13.9. The third-order valence-electron chi connectivity index (χ3n) is 4.27. The number of para-hydroxylation sites is 1. The number of anilines is 2. The predicted molar refractivity (Wildman–Crippen MR) is 103 cm³/mol. The molecule has 1 amide bonds. The Labute approximate surface area is 155 Å². The second-order valence-electron chi connectivity index (χ2n) is 5.96. The summed E-state index contributed by atoms with van der Waals surface area (Å²) in [6.07, 6.45) is 3.36. The van der Waals surface area contributed by atoms with Crippen molar-refractivity contribution in [3.05, 3.63) is 69.8 Å². The summed E-state index contributed by atoms with van der Waals surface area (Å²) in [6.45, 7) is 2.60. The number of halogens is 1. The van der Waals surface area contributed by atoms with Gasteiger partial charge < -0.3 is 10.2 Å². The normalized spacial score (nSPS) is 13.8. The topological polar surface area (TPSA) is 56.1 Å². The smallest absolute Gasteiger partial charge is 0.270 e. The lowest BCUT2D eigenvalue weighted by Crippen LogP contribution is -2.36. The summed E-state index contributed by atoms with van der Waals surface area (Å²) in [7, 11) is 0. The van der Waals surface area contributed by atoms with Crippen LogP contribution in [0.2, 0.25) is 0 Å². The molecule has 0 bridgehead atoms. The van der Waals surface area contributed by atoms with Gasteiger partial charge in [-0.15, -0.1) is 0 Å². The molecule has 0 aromatic heterocycles. The molecule has 2 aromatic rings. The Hall–Kier alpha value is -2.58. The van der Waals surface area contributed by atoms with Gasteiger partial charge in [0.1, 0.15) is 11.6 Å². The Morgan fingerprint density at radius 2 is 2.12 bits per heavy atom. The average Bonchev–Trinajstić information content (AvgIpc) is 2.63. The lowest BCUT2D eigenvalue weighted by Gasteiger charge is -2.29.